The molecular formula is C12H23N. The molecule has 1 N–H and O–H groups in total. The molecule has 0 aliphatic heterocycles. The predicted octanol–water partition coefficient (Wildman–Crippen LogP) is 2.81. The van der Waals surface area contributed by atoms with E-state index in [0.29, 0.717) is 5.54 Å². The maximum Gasteiger partial charge on any atom is 0.0150 e. The predicted molar refractivity (Wildman–Crippen MR) is 56.7 cm³/mol. The summed E-state index contributed by atoms with van der Waals surface area (Å²) in [5, 5.41) is 3.51. The van der Waals surface area contributed by atoms with Crippen LogP contribution in [0.5, 0.6) is 0 Å². The van der Waals surface area contributed by atoms with Crippen LogP contribution in [-0.2, 0) is 0 Å². The molecule has 1 heteroatoms. The van der Waals surface area contributed by atoms with Gasteiger partial charge in [0, 0.05) is 5.54 Å². The molecule has 0 aromatic carbocycles. The van der Waals surface area contributed by atoms with Crippen LogP contribution >= 0.6 is 0 Å². The lowest BCUT2D eigenvalue weighted by Gasteiger charge is -2.32. The third-order valence-electron chi connectivity index (χ3n) is 4.53. The van der Waals surface area contributed by atoms with Crippen molar-refractivity contribution in [1.82, 2.24) is 5.32 Å². The Morgan fingerprint density at radius 3 is 2.62 bits per heavy atom. The lowest BCUT2D eigenvalue weighted by molar-refractivity contribution is 0.254. The lowest BCUT2D eigenvalue weighted by atomic mass is 9.82. The van der Waals surface area contributed by atoms with E-state index in [9.17, 15) is 0 Å². The number of hydrogen-bond donors (Lipinski definition) is 1. The molecule has 0 radical (unpaired) electrons. The van der Waals surface area contributed by atoms with Gasteiger partial charge in [-0.1, -0.05) is 6.92 Å². The molecule has 2 rings (SSSR count). The van der Waals surface area contributed by atoms with Gasteiger partial charge in [-0.2, -0.15) is 0 Å². The zero-order valence-electron chi connectivity index (χ0n) is 9.27. The maximum absolute atomic E-state index is 3.51. The third-order valence-corrected chi connectivity index (χ3v) is 4.53. The Balaban J connectivity index is 1.97. The van der Waals surface area contributed by atoms with Gasteiger partial charge in [0.15, 0.2) is 0 Å². The first kappa shape index (κ1) is 9.51. The first-order chi connectivity index (χ1) is 6.14. The molecule has 0 spiro atoms. The highest BCUT2D eigenvalue weighted by atomic mass is 14.9. The monoisotopic (exact) mass is 181 g/mol. The van der Waals surface area contributed by atoms with E-state index in [2.05, 4.69) is 26.2 Å². The van der Waals surface area contributed by atoms with Gasteiger partial charge in [0.1, 0.15) is 0 Å². The molecule has 0 saturated heterocycles. The molecule has 4 unspecified atom stereocenters. The summed E-state index contributed by atoms with van der Waals surface area (Å²) in [5.41, 5.74) is 0.432. The molecule has 2 fully saturated rings. The van der Waals surface area contributed by atoms with E-state index in [1.165, 1.54) is 32.1 Å². The standard InChI is InChI=1S/C12H23N/c1-9-4-6-12(2,13-3)7-5-10-8-11(9)10/h9-11,13H,4-8H2,1-3H3. The van der Waals surface area contributed by atoms with Crippen LogP contribution in [-0.4, -0.2) is 12.6 Å². The summed E-state index contributed by atoms with van der Waals surface area (Å²) in [5.74, 6) is 3.17. The Hall–Kier alpha value is -0.0400. The zero-order valence-corrected chi connectivity index (χ0v) is 9.27. The van der Waals surface area contributed by atoms with Crippen LogP contribution in [0.25, 0.3) is 0 Å². The van der Waals surface area contributed by atoms with Crippen LogP contribution in [0.4, 0.5) is 0 Å². The van der Waals surface area contributed by atoms with Crippen molar-refractivity contribution in [3.8, 4) is 0 Å². The average Bonchev–Trinajstić information content (AvgIpc) is 2.88. The van der Waals surface area contributed by atoms with Gasteiger partial charge in [0.2, 0.25) is 0 Å². The minimum atomic E-state index is 0.432. The number of fused-ring (bicyclic) bond motifs is 1. The van der Waals surface area contributed by atoms with E-state index < -0.39 is 0 Å². The van der Waals surface area contributed by atoms with Gasteiger partial charge < -0.3 is 5.32 Å². The van der Waals surface area contributed by atoms with Gasteiger partial charge in [-0.3, -0.25) is 0 Å². The number of nitrogens with one attached hydrogen (secondary N) is 1. The van der Waals surface area contributed by atoms with Crippen molar-refractivity contribution in [2.45, 2.75) is 51.5 Å². The normalized spacial score (nSPS) is 50.5. The molecule has 13 heavy (non-hydrogen) atoms. The minimum absolute atomic E-state index is 0.432. The second kappa shape index (κ2) is 3.27. The summed E-state index contributed by atoms with van der Waals surface area (Å²) in [7, 11) is 2.12. The summed E-state index contributed by atoms with van der Waals surface area (Å²) in [6, 6.07) is 0. The molecule has 2 aliphatic rings. The summed E-state index contributed by atoms with van der Waals surface area (Å²) in [6.45, 7) is 4.84. The molecule has 2 aliphatic carbocycles. The highest BCUT2D eigenvalue weighted by molar-refractivity contribution is 4.96. The van der Waals surface area contributed by atoms with E-state index in [-0.39, 0.29) is 0 Å². The van der Waals surface area contributed by atoms with Gasteiger partial charge >= 0.3 is 0 Å². The summed E-state index contributed by atoms with van der Waals surface area (Å²) in [4.78, 5) is 0. The van der Waals surface area contributed by atoms with Crippen molar-refractivity contribution in [1.29, 1.82) is 0 Å². The van der Waals surface area contributed by atoms with Crippen LogP contribution in [0.15, 0.2) is 0 Å². The van der Waals surface area contributed by atoms with Crippen molar-refractivity contribution in [3.63, 3.8) is 0 Å². The average molecular weight is 181 g/mol. The van der Waals surface area contributed by atoms with Gasteiger partial charge in [-0.25, -0.2) is 0 Å². The van der Waals surface area contributed by atoms with Gasteiger partial charge in [-0.05, 0) is 63.8 Å². The second-order valence-corrected chi connectivity index (χ2v) is 5.52. The quantitative estimate of drug-likeness (QED) is 0.656. The van der Waals surface area contributed by atoms with Crippen LogP contribution in [0.3, 0.4) is 0 Å². The van der Waals surface area contributed by atoms with Crippen molar-refractivity contribution in [3.05, 3.63) is 0 Å². The van der Waals surface area contributed by atoms with Crippen molar-refractivity contribution in [2.24, 2.45) is 17.8 Å². The fraction of sp³-hybridized carbons (Fsp3) is 1.00. The molecule has 4 atom stereocenters. The molecule has 0 heterocycles. The molecule has 0 aromatic heterocycles. The van der Waals surface area contributed by atoms with Gasteiger partial charge in [0.25, 0.3) is 0 Å². The van der Waals surface area contributed by atoms with E-state index in [4.69, 9.17) is 0 Å². The van der Waals surface area contributed by atoms with E-state index in [1.807, 2.05) is 0 Å². The maximum atomic E-state index is 3.51. The van der Waals surface area contributed by atoms with Gasteiger partial charge in [-0.15, -0.1) is 0 Å². The van der Waals surface area contributed by atoms with Crippen LogP contribution in [0.2, 0.25) is 0 Å². The SMILES string of the molecule is CNC1(C)CCC(C)C2CC2CC1. The van der Waals surface area contributed by atoms with Crippen molar-refractivity contribution < 1.29 is 0 Å². The third kappa shape index (κ3) is 1.90. The van der Waals surface area contributed by atoms with Crippen LogP contribution in [0.1, 0.15) is 46.0 Å². The first-order valence-corrected chi connectivity index (χ1v) is 5.83. The van der Waals surface area contributed by atoms with Crippen LogP contribution in [0, 0.1) is 17.8 Å². The molecule has 76 valence electrons. The molecule has 1 nitrogen and oxygen atoms in total. The van der Waals surface area contributed by atoms with E-state index >= 15 is 0 Å². The molecule has 0 bridgehead atoms. The Labute approximate surface area is 82.3 Å². The molecular weight excluding hydrogens is 158 g/mol. The molecule has 0 amide bonds. The lowest BCUT2D eigenvalue weighted by Crippen LogP contribution is -2.40. The fourth-order valence-electron chi connectivity index (χ4n) is 2.94. The van der Waals surface area contributed by atoms with Crippen molar-refractivity contribution >= 4 is 0 Å². The largest absolute Gasteiger partial charge is 0.315 e. The Bertz CT molecular complexity index is 190. The van der Waals surface area contributed by atoms with E-state index in [0.717, 1.165) is 17.8 Å². The smallest absolute Gasteiger partial charge is 0.0150 e. The zero-order chi connectivity index (χ0) is 9.47. The first-order valence-electron chi connectivity index (χ1n) is 5.83. The highest BCUT2D eigenvalue weighted by Crippen LogP contribution is 2.51. The highest BCUT2D eigenvalue weighted by Gasteiger charge is 2.43. The molecule has 0 aromatic rings. The van der Waals surface area contributed by atoms with Gasteiger partial charge in [0.05, 0.1) is 0 Å². The summed E-state index contributed by atoms with van der Waals surface area (Å²) >= 11 is 0. The topological polar surface area (TPSA) is 12.0 Å². The Kier molecular flexibility index (Phi) is 2.39. The fourth-order valence-corrected chi connectivity index (χ4v) is 2.94. The van der Waals surface area contributed by atoms with E-state index in [1.54, 1.807) is 0 Å². The Morgan fingerprint density at radius 1 is 1.23 bits per heavy atom. The van der Waals surface area contributed by atoms with Crippen molar-refractivity contribution in [2.75, 3.05) is 7.05 Å². The summed E-state index contributed by atoms with van der Waals surface area (Å²) < 4.78 is 0. The number of rotatable bonds is 1. The van der Waals surface area contributed by atoms with Crippen LogP contribution < -0.4 is 5.32 Å². The Morgan fingerprint density at radius 2 is 1.92 bits per heavy atom. The second-order valence-electron chi connectivity index (χ2n) is 5.52. The minimum Gasteiger partial charge on any atom is -0.315 e. The number of hydrogen-bond acceptors (Lipinski definition) is 1. The summed E-state index contributed by atoms with van der Waals surface area (Å²) in [6.07, 6.45) is 7.18. The molecule has 2 saturated carbocycles.